The molecular formula is C12H19N3O2. The smallest absolute Gasteiger partial charge is 0.325 e. The summed E-state index contributed by atoms with van der Waals surface area (Å²) < 4.78 is 0. The minimum absolute atomic E-state index is 0.0359. The lowest BCUT2D eigenvalue weighted by molar-refractivity contribution is -0.137. The molecule has 0 bridgehead atoms. The molecule has 0 spiro atoms. The van der Waals surface area contributed by atoms with Crippen molar-refractivity contribution in [1.29, 1.82) is 0 Å². The van der Waals surface area contributed by atoms with Crippen molar-refractivity contribution >= 4 is 11.8 Å². The fraction of sp³-hybridized carbons (Fsp3) is 0.583. The lowest BCUT2D eigenvalue weighted by Gasteiger charge is -2.22. The van der Waals surface area contributed by atoms with Crippen LogP contribution in [-0.4, -0.2) is 27.1 Å². The minimum Gasteiger partial charge on any atom is -0.480 e. The topological polar surface area (TPSA) is 75.1 Å². The van der Waals surface area contributed by atoms with Gasteiger partial charge in [-0.3, -0.25) is 4.79 Å². The van der Waals surface area contributed by atoms with Crippen LogP contribution < -0.4 is 5.32 Å². The molecule has 5 nitrogen and oxygen atoms in total. The van der Waals surface area contributed by atoms with Gasteiger partial charge < -0.3 is 10.4 Å². The highest BCUT2D eigenvalue weighted by molar-refractivity contribution is 5.76. The van der Waals surface area contributed by atoms with Crippen molar-refractivity contribution < 1.29 is 9.90 Å². The zero-order valence-electron chi connectivity index (χ0n) is 10.7. The van der Waals surface area contributed by atoms with Crippen molar-refractivity contribution in [2.24, 2.45) is 0 Å². The highest BCUT2D eigenvalue weighted by Gasteiger charge is 2.21. The number of nitrogens with one attached hydrogen (secondary N) is 1. The van der Waals surface area contributed by atoms with Crippen LogP contribution in [0.1, 0.15) is 39.8 Å². The zero-order valence-corrected chi connectivity index (χ0v) is 10.7. The van der Waals surface area contributed by atoms with Gasteiger partial charge in [0, 0.05) is 11.5 Å². The summed E-state index contributed by atoms with van der Waals surface area (Å²) >= 11 is 0. The van der Waals surface area contributed by atoms with Gasteiger partial charge in [0.15, 0.2) is 0 Å². The second-order valence-electron chi connectivity index (χ2n) is 4.73. The second-order valence-corrected chi connectivity index (χ2v) is 4.73. The second kappa shape index (κ2) is 5.12. The molecule has 1 rings (SSSR count). The normalized spacial score (nSPS) is 13.2. The van der Waals surface area contributed by atoms with Gasteiger partial charge in [-0.2, -0.15) is 0 Å². The van der Waals surface area contributed by atoms with E-state index in [9.17, 15) is 4.79 Å². The standard InChI is InChI=1S/C12H19N3O2/c1-5-12(3,4)9-6-10(14-7-13-9)15-8(2)11(16)17/h6-8H,5H2,1-4H3,(H,16,17)(H,13,14,15). The minimum atomic E-state index is -0.903. The Labute approximate surface area is 101 Å². The van der Waals surface area contributed by atoms with Crippen LogP contribution in [0.5, 0.6) is 0 Å². The quantitative estimate of drug-likeness (QED) is 0.819. The highest BCUT2D eigenvalue weighted by Crippen LogP contribution is 2.25. The van der Waals surface area contributed by atoms with Crippen LogP contribution in [-0.2, 0) is 10.2 Å². The third-order valence-electron chi connectivity index (χ3n) is 2.98. The van der Waals surface area contributed by atoms with E-state index in [1.807, 2.05) is 6.07 Å². The SMILES string of the molecule is CCC(C)(C)c1cc(NC(C)C(=O)O)ncn1. The molecule has 94 valence electrons. The van der Waals surface area contributed by atoms with E-state index in [-0.39, 0.29) is 5.41 Å². The van der Waals surface area contributed by atoms with Crippen molar-refractivity contribution in [1.82, 2.24) is 9.97 Å². The van der Waals surface area contributed by atoms with E-state index < -0.39 is 12.0 Å². The molecule has 0 fully saturated rings. The molecule has 1 atom stereocenters. The molecule has 0 saturated heterocycles. The maximum absolute atomic E-state index is 10.7. The third-order valence-corrected chi connectivity index (χ3v) is 2.98. The lowest BCUT2D eigenvalue weighted by atomic mass is 9.86. The number of hydrogen-bond donors (Lipinski definition) is 2. The predicted molar refractivity (Wildman–Crippen MR) is 66.1 cm³/mol. The summed E-state index contributed by atoms with van der Waals surface area (Å²) in [6.45, 7) is 7.86. The van der Waals surface area contributed by atoms with E-state index >= 15 is 0 Å². The highest BCUT2D eigenvalue weighted by atomic mass is 16.4. The zero-order chi connectivity index (χ0) is 13.1. The Morgan fingerprint density at radius 1 is 1.53 bits per heavy atom. The average molecular weight is 237 g/mol. The Balaban J connectivity index is 2.90. The van der Waals surface area contributed by atoms with Crippen LogP contribution in [0.25, 0.3) is 0 Å². The number of rotatable bonds is 5. The van der Waals surface area contributed by atoms with Gasteiger partial charge in [-0.05, 0) is 13.3 Å². The summed E-state index contributed by atoms with van der Waals surface area (Å²) in [6, 6.07) is 1.14. The van der Waals surface area contributed by atoms with E-state index in [1.165, 1.54) is 6.33 Å². The Kier molecular flexibility index (Phi) is 4.04. The fourth-order valence-corrected chi connectivity index (χ4v) is 1.27. The summed E-state index contributed by atoms with van der Waals surface area (Å²) in [4.78, 5) is 19.0. The molecule has 1 aromatic heterocycles. The molecule has 1 heterocycles. The van der Waals surface area contributed by atoms with Gasteiger partial charge in [-0.25, -0.2) is 9.97 Å². The molecule has 17 heavy (non-hydrogen) atoms. The Morgan fingerprint density at radius 3 is 2.71 bits per heavy atom. The molecule has 0 aliphatic rings. The predicted octanol–water partition coefficient (Wildman–Crippen LogP) is 2.05. The van der Waals surface area contributed by atoms with Crippen LogP contribution >= 0.6 is 0 Å². The number of aliphatic carboxylic acids is 1. The number of nitrogens with zero attached hydrogens (tertiary/aromatic N) is 2. The first-order valence-electron chi connectivity index (χ1n) is 5.68. The number of aromatic nitrogens is 2. The maximum atomic E-state index is 10.7. The van der Waals surface area contributed by atoms with Crippen molar-refractivity contribution in [3.8, 4) is 0 Å². The lowest BCUT2D eigenvalue weighted by Crippen LogP contribution is -2.26. The monoisotopic (exact) mass is 237 g/mol. The van der Waals surface area contributed by atoms with E-state index in [4.69, 9.17) is 5.11 Å². The fourth-order valence-electron chi connectivity index (χ4n) is 1.27. The molecule has 1 unspecified atom stereocenters. The molecule has 1 aromatic rings. The molecule has 0 aromatic carbocycles. The van der Waals surface area contributed by atoms with E-state index in [0.717, 1.165) is 12.1 Å². The van der Waals surface area contributed by atoms with Crippen molar-refractivity contribution in [2.45, 2.75) is 45.6 Å². The van der Waals surface area contributed by atoms with E-state index in [0.29, 0.717) is 5.82 Å². The summed E-state index contributed by atoms with van der Waals surface area (Å²) in [6.07, 6.45) is 2.42. The summed E-state index contributed by atoms with van der Waals surface area (Å²) in [5.41, 5.74) is 0.876. The van der Waals surface area contributed by atoms with Crippen LogP contribution in [0, 0.1) is 0 Å². The molecule has 0 amide bonds. The summed E-state index contributed by atoms with van der Waals surface area (Å²) in [5, 5.41) is 11.6. The van der Waals surface area contributed by atoms with Crippen molar-refractivity contribution in [3.05, 3.63) is 18.1 Å². The molecular weight excluding hydrogens is 218 g/mol. The van der Waals surface area contributed by atoms with Gasteiger partial charge in [0.1, 0.15) is 18.2 Å². The molecule has 5 heteroatoms. The van der Waals surface area contributed by atoms with E-state index in [2.05, 4.69) is 36.1 Å². The van der Waals surface area contributed by atoms with Crippen LogP contribution in [0.15, 0.2) is 12.4 Å². The first kappa shape index (κ1) is 13.4. The van der Waals surface area contributed by atoms with Gasteiger partial charge in [0.05, 0.1) is 5.69 Å². The molecule has 0 aliphatic carbocycles. The molecule has 0 saturated carbocycles. The number of anilines is 1. The number of hydrogen-bond acceptors (Lipinski definition) is 4. The summed E-state index contributed by atoms with van der Waals surface area (Å²) in [5.74, 6) is -0.355. The Bertz CT molecular complexity index is 404. The third kappa shape index (κ3) is 3.41. The van der Waals surface area contributed by atoms with Gasteiger partial charge in [-0.15, -0.1) is 0 Å². The molecule has 2 N–H and O–H groups in total. The first-order chi connectivity index (χ1) is 7.86. The van der Waals surface area contributed by atoms with Crippen LogP contribution in [0.2, 0.25) is 0 Å². The van der Waals surface area contributed by atoms with Crippen LogP contribution in [0.3, 0.4) is 0 Å². The average Bonchev–Trinajstić information content (AvgIpc) is 2.29. The Hall–Kier alpha value is -1.65. The number of carboxylic acids is 1. The van der Waals surface area contributed by atoms with Gasteiger partial charge >= 0.3 is 5.97 Å². The first-order valence-corrected chi connectivity index (χ1v) is 5.68. The maximum Gasteiger partial charge on any atom is 0.325 e. The Morgan fingerprint density at radius 2 is 2.18 bits per heavy atom. The van der Waals surface area contributed by atoms with Crippen molar-refractivity contribution in [3.63, 3.8) is 0 Å². The molecule has 0 aliphatic heterocycles. The van der Waals surface area contributed by atoms with Gasteiger partial charge in [-0.1, -0.05) is 20.8 Å². The van der Waals surface area contributed by atoms with Gasteiger partial charge in [0.2, 0.25) is 0 Å². The summed E-state index contributed by atoms with van der Waals surface area (Å²) in [7, 11) is 0. The van der Waals surface area contributed by atoms with Crippen LogP contribution in [0.4, 0.5) is 5.82 Å². The van der Waals surface area contributed by atoms with Crippen molar-refractivity contribution in [2.75, 3.05) is 5.32 Å². The largest absolute Gasteiger partial charge is 0.480 e. The van der Waals surface area contributed by atoms with E-state index in [1.54, 1.807) is 6.92 Å². The molecule has 0 radical (unpaired) electrons. The number of carbonyl (C=O) groups is 1. The van der Waals surface area contributed by atoms with Gasteiger partial charge in [0.25, 0.3) is 0 Å². The number of carboxylic acid groups (broad SMARTS) is 1.